The Bertz CT molecular complexity index is 1180. The molecule has 0 spiro atoms. The smallest absolute Gasteiger partial charge is 0.232 e. The maximum atomic E-state index is 5.99. The molecule has 2 aliphatic heterocycles. The molecule has 2 fully saturated rings. The lowest BCUT2D eigenvalue weighted by molar-refractivity contribution is 0.481. The van der Waals surface area contributed by atoms with Crippen molar-refractivity contribution >= 4 is 46.5 Å². The van der Waals surface area contributed by atoms with Crippen LogP contribution < -0.4 is 20.4 Å². The van der Waals surface area contributed by atoms with Crippen LogP contribution in [0, 0.1) is 0 Å². The Balaban J connectivity index is 1.27. The number of halogens is 1. The molecule has 1 atom stereocenters. The number of hydrogen-bond acceptors (Lipinski definition) is 6. The fraction of sp³-hybridized carbons (Fsp3) is 0.444. The van der Waals surface area contributed by atoms with Crippen molar-refractivity contribution in [3.63, 3.8) is 0 Å². The molecule has 2 saturated heterocycles. The summed E-state index contributed by atoms with van der Waals surface area (Å²) in [6.07, 6.45) is 7.33. The van der Waals surface area contributed by atoms with Crippen LogP contribution in [0.5, 0.6) is 0 Å². The average molecular weight is 525 g/mol. The average Bonchev–Trinajstić information content (AvgIpc) is 3.38. The molecule has 0 bridgehead atoms. The first-order valence-electron chi connectivity index (χ1n) is 12.9. The Morgan fingerprint density at radius 2 is 1.75 bits per heavy atom. The first-order valence-corrected chi connectivity index (χ1v) is 13.6. The van der Waals surface area contributed by atoms with E-state index >= 15 is 0 Å². The zero-order valence-electron chi connectivity index (χ0n) is 20.7. The van der Waals surface area contributed by atoms with Crippen LogP contribution in [-0.4, -0.2) is 40.8 Å². The molecular formula is C27H33ClN6OS. The molecule has 4 heterocycles. The van der Waals surface area contributed by atoms with Gasteiger partial charge in [-0.25, -0.2) is 0 Å². The van der Waals surface area contributed by atoms with Crippen LogP contribution in [0.4, 0.5) is 17.6 Å². The first-order chi connectivity index (χ1) is 17.5. The largest absolute Gasteiger partial charge is 0.459 e. The van der Waals surface area contributed by atoms with Crippen molar-refractivity contribution < 1.29 is 4.42 Å². The number of nitrogens with zero attached hydrogens (tertiary/aromatic N) is 4. The van der Waals surface area contributed by atoms with Gasteiger partial charge in [0.2, 0.25) is 5.95 Å². The summed E-state index contributed by atoms with van der Waals surface area (Å²) in [5.74, 6) is 4.06. The summed E-state index contributed by atoms with van der Waals surface area (Å²) in [7, 11) is 0. The molecule has 0 aliphatic carbocycles. The Hall–Kier alpha value is -2.84. The van der Waals surface area contributed by atoms with Gasteiger partial charge in [0.1, 0.15) is 23.2 Å². The number of benzene rings is 1. The second kappa shape index (κ2) is 11.5. The predicted molar refractivity (Wildman–Crippen MR) is 151 cm³/mol. The minimum absolute atomic E-state index is 0.460. The number of hydrogen-bond donors (Lipinski definition) is 2. The quantitative estimate of drug-likeness (QED) is 0.367. The highest BCUT2D eigenvalue weighted by Gasteiger charge is 2.23. The zero-order valence-corrected chi connectivity index (χ0v) is 22.2. The van der Waals surface area contributed by atoms with E-state index in [2.05, 4.69) is 33.4 Å². The Morgan fingerprint density at radius 3 is 2.53 bits per heavy atom. The summed E-state index contributed by atoms with van der Waals surface area (Å²) < 4.78 is 5.98. The standard InChI is InChI=1S/C27H33ClN6OS/c1-19-7-3-6-16-34(19)25-17-24(33-14-4-2-5-15-33)30-26(31-25)32-27(36)29-18-22-12-13-23(35-22)20-8-10-21(28)11-9-20/h8-13,17,19H,2-7,14-16,18H2,1H3,(H2,29,30,31,32,36)/t19-/m0/s1. The van der Waals surface area contributed by atoms with Crippen LogP contribution in [0.2, 0.25) is 5.02 Å². The molecule has 2 aliphatic rings. The molecule has 9 heteroatoms. The van der Waals surface area contributed by atoms with Gasteiger partial charge in [-0.2, -0.15) is 9.97 Å². The SMILES string of the molecule is C[C@H]1CCCCN1c1cc(N2CCCCC2)nc(NC(=S)NCc2ccc(-c3ccc(Cl)cc3)o2)n1. The number of furan rings is 1. The highest BCUT2D eigenvalue weighted by Crippen LogP contribution is 2.28. The molecular weight excluding hydrogens is 492 g/mol. The topological polar surface area (TPSA) is 69.5 Å². The number of nitrogens with one attached hydrogen (secondary N) is 2. The monoisotopic (exact) mass is 524 g/mol. The van der Waals surface area contributed by atoms with Crippen molar-refractivity contribution in [3.8, 4) is 11.3 Å². The number of thiocarbonyl (C=S) groups is 1. The van der Waals surface area contributed by atoms with Crippen molar-refractivity contribution in [2.45, 2.75) is 58.0 Å². The Morgan fingerprint density at radius 1 is 1.00 bits per heavy atom. The van der Waals surface area contributed by atoms with E-state index in [0.29, 0.717) is 28.7 Å². The molecule has 5 rings (SSSR count). The maximum Gasteiger partial charge on any atom is 0.232 e. The molecule has 1 aromatic carbocycles. The van der Waals surface area contributed by atoms with Crippen molar-refractivity contribution in [2.75, 3.05) is 34.8 Å². The molecule has 0 unspecified atom stereocenters. The molecule has 7 nitrogen and oxygen atoms in total. The Kier molecular flexibility index (Phi) is 7.92. The normalized spacial score (nSPS) is 18.2. The van der Waals surface area contributed by atoms with Gasteiger partial charge in [0.25, 0.3) is 0 Å². The lowest BCUT2D eigenvalue weighted by atomic mass is 10.0. The van der Waals surface area contributed by atoms with E-state index in [-0.39, 0.29) is 0 Å². The maximum absolute atomic E-state index is 5.99. The number of anilines is 3. The van der Waals surface area contributed by atoms with Crippen molar-refractivity contribution in [2.24, 2.45) is 0 Å². The summed E-state index contributed by atoms with van der Waals surface area (Å²) in [6, 6.07) is 14.1. The van der Waals surface area contributed by atoms with Gasteiger partial charge < -0.3 is 24.9 Å². The van der Waals surface area contributed by atoms with E-state index in [1.54, 1.807) is 0 Å². The third-order valence-electron chi connectivity index (χ3n) is 6.92. The number of rotatable bonds is 6. The zero-order chi connectivity index (χ0) is 24.9. The third kappa shape index (κ3) is 6.10. The molecule has 0 amide bonds. The van der Waals surface area contributed by atoms with Gasteiger partial charge in [0.05, 0.1) is 6.54 Å². The predicted octanol–water partition coefficient (Wildman–Crippen LogP) is 6.25. The van der Waals surface area contributed by atoms with E-state index < -0.39 is 0 Å². The van der Waals surface area contributed by atoms with Crippen LogP contribution in [0.1, 0.15) is 51.2 Å². The van der Waals surface area contributed by atoms with Crippen LogP contribution in [0.25, 0.3) is 11.3 Å². The summed E-state index contributed by atoms with van der Waals surface area (Å²) in [5.41, 5.74) is 0.980. The van der Waals surface area contributed by atoms with E-state index in [0.717, 1.165) is 48.4 Å². The van der Waals surface area contributed by atoms with E-state index in [1.807, 2.05) is 36.4 Å². The van der Waals surface area contributed by atoms with Gasteiger partial charge in [-0.3, -0.25) is 0 Å². The molecule has 3 aromatic rings. The summed E-state index contributed by atoms with van der Waals surface area (Å²) in [6.45, 7) is 5.82. The van der Waals surface area contributed by atoms with E-state index in [4.69, 9.17) is 38.2 Å². The lowest BCUT2D eigenvalue weighted by Gasteiger charge is -2.35. The van der Waals surface area contributed by atoms with E-state index in [9.17, 15) is 0 Å². The van der Waals surface area contributed by atoms with Crippen LogP contribution >= 0.6 is 23.8 Å². The second-order valence-electron chi connectivity index (χ2n) is 9.57. The van der Waals surface area contributed by atoms with Gasteiger partial charge in [0, 0.05) is 42.3 Å². The van der Waals surface area contributed by atoms with Gasteiger partial charge in [-0.1, -0.05) is 11.6 Å². The minimum atomic E-state index is 0.460. The molecule has 0 radical (unpaired) electrons. The summed E-state index contributed by atoms with van der Waals surface area (Å²) in [5, 5.41) is 7.61. The summed E-state index contributed by atoms with van der Waals surface area (Å²) >= 11 is 11.6. The van der Waals surface area contributed by atoms with Gasteiger partial charge in [-0.15, -0.1) is 0 Å². The highest BCUT2D eigenvalue weighted by atomic mass is 35.5. The number of piperidine rings is 2. The lowest BCUT2D eigenvalue weighted by Crippen LogP contribution is -2.39. The van der Waals surface area contributed by atoms with Gasteiger partial charge in [0.15, 0.2) is 5.11 Å². The van der Waals surface area contributed by atoms with Crippen LogP contribution in [0.3, 0.4) is 0 Å². The molecule has 190 valence electrons. The van der Waals surface area contributed by atoms with E-state index in [1.165, 1.54) is 38.5 Å². The summed E-state index contributed by atoms with van der Waals surface area (Å²) in [4.78, 5) is 14.5. The fourth-order valence-electron chi connectivity index (χ4n) is 4.90. The van der Waals surface area contributed by atoms with Crippen molar-refractivity contribution in [1.29, 1.82) is 0 Å². The first kappa shape index (κ1) is 24.8. The third-order valence-corrected chi connectivity index (χ3v) is 7.41. The van der Waals surface area contributed by atoms with Crippen LogP contribution in [0.15, 0.2) is 46.9 Å². The second-order valence-corrected chi connectivity index (χ2v) is 10.4. The molecule has 2 aromatic heterocycles. The fourth-order valence-corrected chi connectivity index (χ4v) is 5.19. The number of aromatic nitrogens is 2. The molecule has 0 saturated carbocycles. The van der Waals surface area contributed by atoms with Gasteiger partial charge in [-0.05, 0) is 94.1 Å². The molecule has 2 N–H and O–H groups in total. The van der Waals surface area contributed by atoms with Crippen LogP contribution in [-0.2, 0) is 6.54 Å². The van der Waals surface area contributed by atoms with Gasteiger partial charge >= 0.3 is 0 Å². The molecule has 36 heavy (non-hydrogen) atoms. The Labute approximate surface area is 223 Å². The van der Waals surface area contributed by atoms with Crippen molar-refractivity contribution in [1.82, 2.24) is 15.3 Å². The van der Waals surface area contributed by atoms with Crippen molar-refractivity contribution in [3.05, 3.63) is 53.2 Å². The highest BCUT2D eigenvalue weighted by molar-refractivity contribution is 7.80. The minimum Gasteiger partial charge on any atom is -0.459 e.